The van der Waals surface area contributed by atoms with Gasteiger partial charge in [0.1, 0.15) is 22.1 Å². The molecule has 0 fully saturated rings. The number of phenols is 2. The summed E-state index contributed by atoms with van der Waals surface area (Å²) < 4.78 is 34.6. The molecule has 0 bridgehead atoms. The van der Waals surface area contributed by atoms with E-state index in [0.717, 1.165) is 22.0 Å². The Morgan fingerprint density at radius 2 is 1.79 bits per heavy atom. The van der Waals surface area contributed by atoms with E-state index in [1.807, 2.05) is 0 Å². The van der Waals surface area contributed by atoms with Crippen molar-refractivity contribution in [2.24, 2.45) is 5.73 Å². The summed E-state index contributed by atoms with van der Waals surface area (Å²) in [6.07, 6.45) is 0. The van der Waals surface area contributed by atoms with Crippen molar-refractivity contribution < 1.29 is 28.2 Å². The molecule has 0 saturated carbocycles. The van der Waals surface area contributed by atoms with Crippen molar-refractivity contribution in [2.75, 3.05) is 13.7 Å². The van der Waals surface area contributed by atoms with Gasteiger partial charge in [0.15, 0.2) is 12.4 Å². The molecule has 198 valence electrons. The Bertz CT molecular complexity index is 1680. The molecule has 0 radical (unpaired) electrons. The van der Waals surface area contributed by atoms with E-state index in [4.69, 9.17) is 10.5 Å². The number of sulfonamides is 1. The first-order valence-electron chi connectivity index (χ1n) is 11.3. The second-order valence-corrected chi connectivity index (χ2v) is 10.4. The number of benzene rings is 3. The highest BCUT2D eigenvalue weighted by Crippen LogP contribution is 2.38. The highest BCUT2D eigenvalue weighted by atomic mass is 32.2. The van der Waals surface area contributed by atoms with E-state index in [-0.39, 0.29) is 30.3 Å². The zero-order valence-electron chi connectivity index (χ0n) is 20.5. The molecule has 0 aliphatic heterocycles. The SMILES string of the molecule is Cc1ccccc1-n1c(-c2cc(S(=O)(=O)N(C)Cc3ccccc3OCC(N)=O)c(O)cc2O)n[nH]c1=O. The molecule has 4 aromatic rings. The molecule has 5 N–H and O–H groups in total. The monoisotopic (exact) mass is 539 g/mol. The summed E-state index contributed by atoms with van der Waals surface area (Å²) in [5, 5.41) is 27.4. The van der Waals surface area contributed by atoms with Crippen molar-refractivity contribution in [3.8, 4) is 34.3 Å². The lowest BCUT2D eigenvalue weighted by Gasteiger charge is -2.20. The number of aromatic nitrogens is 3. The van der Waals surface area contributed by atoms with Gasteiger partial charge in [-0.15, -0.1) is 0 Å². The number of carbonyl (C=O) groups excluding carboxylic acids is 1. The Kier molecular flexibility index (Phi) is 7.23. The zero-order chi connectivity index (χ0) is 27.6. The summed E-state index contributed by atoms with van der Waals surface area (Å²) in [7, 11) is -3.05. The Labute approximate surface area is 217 Å². The fraction of sp³-hybridized carbons (Fsp3) is 0.160. The van der Waals surface area contributed by atoms with Gasteiger partial charge in [-0.1, -0.05) is 36.4 Å². The fourth-order valence-electron chi connectivity index (χ4n) is 3.88. The van der Waals surface area contributed by atoms with Crippen molar-refractivity contribution >= 4 is 15.9 Å². The van der Waals surface area contributed by atoms with Crippen LogP contribution in [0.4, 0.5) is 0 Å². The first-order valence-corrected chi connectivity index (χ1v) is 12.7. The summed E-state index contributed by atoms with van der Waals surface area (Å²) in [5.41, 5.74) is 6.10. The Morgan fingerprint density at radius 3 is 2.50 bits per heavy atom. The van der Waals surface area contributed by atoms with Crippen LogP contribution in [0.25, 0.3) is 17.1 Å². The van der Waals surface area contributed by atoms with Gasteiger partial charge in [-0.2, -0.15) is 9.40 Å². The number of amides is 1. The molecule has 0 unspecified atom stereocenters. The van der Waals surface area contributed by atoms with Crippen LogP contribution in [0.1, 0.15) is 11.1 Å². The van der Waals surface area contributed by atoms with Gasteiger partial charge in [0.2, 0.25) is 10.0 Å². The Hall–Kier alpha value is -4.62. The summed E-state index contributed by atoms with van der Waals surface area (Å²) in [5.74, 6) is -1.65. The number of primary amides is 1. The van der Waals surface area contributed by atoms with E-state index < -0.39 is 38.0 Å². The van der Waals surface area contributed by atoms with Gasteiger partial charge in [-0.3, -0.25) is 4.79 Å². The molecule has 1 amide bonds. The molecule has 0 aliphatic rings. The van der Waals surface area contributed by atoms with Gasteiger partial charge in [0.25, 0.3) is 5.91 Å². The normalized spacial score (nSPS) is 11.6. The smallest absolute Gasteiger partial charge is 0.348 e. The third-order valence-electron chi connectivity index (χ3n) is 5.77. The highest BCUT2D eigenvalue weighted by Gasteiger charge is 2.29. The molecule has 13 heteroatoms. The van der Waals surface area contributed by atoms with Crippen LogP contribution in [0, 0.1) is 6.92 Å². The summed E-state index contributed by atoms with van der Waals surface area (Å²) >= 11 is 0. The average molecular weight is 540 g/mol. The Balaban J connectivity index is 1.75. The van der Waals surface area contributed by atoms with Crippen molar-refractivity contribution in [3.05, 3.63) is 82.3 Å². The highest BCUT2D eigenvalue weighted by molar-refractivity contribution is 7.89. The van der Waals surface area contributed by atoms with Crippen LogP contribution in [0.15, 0.2) is 70.4 Å². The maximum Gasteiger partial charge on any atom is 0.348 e. The van der Waals surface area contributed by atoms with E-state index in [1.165, 1.54) is 11.6 Å². The van der Waals surface area contributed by atoms with Crippen LogP contribution in [-0.2, 0) is 21.4 Å². The average Bonchev–Trinajstić information content (AvgIpc) is 3.24. The largest absolute Gasteiger partial charge is 0.507 e. The number of hydrogen-bond donors (Lipinski definition) is 4. The molecule has 1 heterocycles. The number of para-hydroxylation sites is 2. The van der Waals surface area contributed by atoms with Gasteiger partial charge in [-0.05, 0) is 30.7 Å². The first kappa shape index (κ1) is 26.4. The number of carbonyl (C=O) groups is 1. The molecule has 12 nitrogen and oxygen atoms in total. The standard InChI is InChI=1S/C25H25N5O7S/c1-15-7-3-5-9-18(15)30-24(27-28-25(30)34)17-11-22(20(32)12-19(17)31)38(35,36)29(2)13-16-8-4-6-10-21(16)37-14-23(26)33/h3-12,31-32H,13-14H2,1-2H3,(H2,26,33)(H,28,34). The number of nitrogens with two attached hydrogens (primary N) is 1. The number of nitrogens with one attached hydrogen (secondary N) is 1. The quantitative estimate of drug-likeness (QED) is 0.248. The minimum absolute atomic E-state index is 0.0499. The maximum atomic E-state index is 13.5. The second-order valence-electron chi connectivity index (χ2n) is 8.44. The number of hydrogen-bond acceptors (Lipinski definition) is 8. The molecule has 38 heavy (non-hydrogen) atoms. The molecule has 0 atom stereocenters. The Morgan fingerprint density at radius 1 is 1.11 bits per heavy atom. The van der Waals surface area contributed by atoms with Gasteiger partial charge in [0.05, 0.1) is 11.3 Å². The molecule has 3 aromatic carbocycles. The number of rotatable bonds is 9. The lowest BCUT2D eigenvalue weighted by atomic mass is 10.1. The number of ether oxygens (including phenoxy) is 1. The maximum absolute atomic E-state index is 13.5. The second kappa shape index (κ2) is 10.4. The van der Waals surface area contributed by atoms with Gasteiger partial charge >= 0.3 is 5.69 Å². The minimum Gasteiger partial charge on any atom is -0.507 e. The number of nitrogens with zero attached hydrogens (tertiary/aromatic N) is 3. The molecular weight excluding hydrogens is 514 g/mol. The van der Waals surface area contributed by atoms with E-state index in [1.54, 1.807) is 55.5 Å². The number of aromatic amines is 1. The van der Waals surface area contributed by atoms with Crippen LogP contribution in [0.5, 0.6) is 17.2 Å². The number of phenolic OH excluding ortho intramolecular Hbond substituents is 2. The molecule has 4 rings (SSSR count). The topological polar surface area (TPSA) is 181 Å². The number of aromatic hydroxyl groups is 2. The minimum atomic E-state index is -4.34. The zero-order valence-corrected chi connectivity index (χ0v) is 21.3. The van der Waals surface area contributed by atoms with Crippen molar-refractivity contribution in [1.82, 2.24) is 19.1 Å². The number of aryl methyl sites for hydroxylation is 1. The summed E-state index contributed by atoms with van der Waals surface area (Å²) in [6.45, 7) is 1.22. The first-order chi connectivity index (χ1) is 18.0. The summed E-state index contributed by atoms with van der Waals surface area (Å²) in [6, 6.07) is 15.4. The van der Waals surface area contributed by atoms with E-state index >= 15 is 0 Å². The van der Waals surface area contributed by atoms with Crippen LogP contribution >= 0.6 is 0 Å². The molecule has 0 aliphatic carbocycles. The van der Waals surface area contributed by atoms with Crippen molar-refractivity contribution in [1.29, 1.82) is 0 Å². The summed E-state index contributed by atoms with van der Waals surface area (Å²) in [4.78, 5) is 23.2. The lowest BCUT2D eigenvalue weighted by molar-refractivity contribution is -0.119. The van der Waals surface area contributed by atoms with Gasteiger partial charge in [-0.25, -0.2) is 22.9 Å². The van der Waals surface area contributed by atoms with Crippen LogP contribution in [-0.4, -0.2) is 57.3 Å². The predicted octanol–water partition coefficient (Wildman–Crippen LogP) is 1.63. The third-order valence-corrected chi connectivity index (χ3v) is 7.60. The van der Waals surface area contributed by atoms with Gasteiger partial charge in [0, 0.05) is 25.2 Å². The van der Waals surface area contributed by atoms with E-state index in [9.17, 15) is 28.2 Å². The van der Waals surface area contributed by atoms with Crippen LogP contribution in [0.3, 0.4) is 0 Å². The lowest BCUT2D eigenvalue weighted by Crippen LogP contribution is -2.27. The predicted molar refractivity (Wildman–Crippen MR) is 137 cm³/mol. The van der Waals surface area contributed by atoms with Crippen molar-refractivity contribution in [3.63, 3.8) is 0 Å². The molecular formula is C25H25N5O7S. The fourth-order valence-corrected chi connectivity index (χ4v) is 5.11. The molecule has 1 aromatic heterocycles. The van der Waals surface area contributed by atoms with E-state index in [0.29, 0.717) is 11.3 Å². The van der Waals surface area contributed by atoms with Crippen LogP contribution < -0.4 is 16.2 Å². The third kappa shape index (κ3) is 5.10. The van der Waals surface area contributed by atoms with Crippen LogP contribution in [0.2, 0.25) is 0 Å². The number of H-pyrrole nitrogens is 1. The molecule has 0 spiro atoms. The van der Waals surface area contributed by atoms with Gasteiger partial charge < -0.3 is 20.7 Å². The van der Waals surface area contributed by atoms with E-state index in [2.05, 4.69) is 10.2 Å². The van der Waals surface area contributed by atoms with Crippen molar-refractivity contribution in [2.45, 2.75) is 18.4 Å². The molecule has 0 saturated heterocycles.